The van der Waals surface area contributed by atoms with Gasteiger partial charge in [-0.1, -0.05) is 0 Å². The summed E-state index contributed by atoms with van der Waals surface area (Å²) in [6, 6.07) is 0. The van der Waals surface area contributed by atoms with Gasteiger partial charge < -0.3 is 10.0 Å². The Balaban J connectivity index is 1.79. The Morgan fingerprint density at radius 2 is 2.44 bits per heavy atom. The van der Waals surface area contributed by atoms with E-state index in [0.29, 0.717) is 19.5 Å². The highest BCUT2D eigenvalue weighted by atomic mass is 16.3. The first-order valence-corrected chi connectivity index (χ1v) is 5.54. The van der Waals surface area contributed by atoms with E-state index in [-0.39, 0.29) is 12.0 Å². The van der Waals surface area contributed by atoms with Gasteiger partial charge in [-0.25, -0.2) is 4.98 Å². The van der Waals surface area contributed by atoms with Crippen LogP contribution in [0, 0.1) is 0 Å². The van der Waals surface area contributed by atoms with Gasteiger partial charge in [0.05, 0.1) is 12.6 Å². The van der Waals surface area contributed by atoms with Crippen LogP contribution in [0.15, 0.2) is 12.7 Å². The number of carbonyl (C=O) groups is 1. The van der Waals surface area contributed by atoms with Gasteiger partial charge in [0, 0.05) is 19.5 Å². The third-order valence-corrected chi connectivity index (χ3v) is 2.77. The number of amides is 1. The number of carbonyl (C=O) groups excluding carboxylic acids is 1. The maximum atomic E-state index is 11.8. The van der Waals surface area contributed by atoms with Crippen LogP contribution in [0.1, 0.15) is 19.3 Å². The maximum absolute atomic E-state index is 11.8. The average Bonchev–Trinajstić information content (AvgIpc) is 2.78. The van der Waals surface area contributed by atoms with Gasteiger partial charge in [0.1, 0.15) is 12.7 Å². The van der Waals surface area contributed by atoms with Crippen LogP contribution in [0.5, 0.6) is 0 Å². The Kier molecular flexibility index (Phi) is 3.51. The molecule has 1 fully saturated rings. The molecule has 0 spiro atoms. The molecular formula is C10H16N4O2. The van der Waals surface area contributed by atoms with Crippen molar-refractivity contribution < 1.29 is 9.90 Å². The van der Waals surface area contributed by atoms with E-state index in [2.05, 4.69) is 10.1 Å². The molecule has 0 saturated carbocycles. The van der Waals surface area contributed by atoms with Crippen LogP contribution in [0.4, 0.5) is 0 Å². The molecule has 2 rings (SSSR count). The highest BCUT2D eigenvalue weighted by molar-refractivity contribution is 5.76. The SMILES string of the molecule is O=C(CCn1cncn1)N1CCCC(O)C1. The van der Waals surface area contributed by atoms with Crippen LogP contribution in [-0.2, 0) is 11.3 Å². The molecule has 1 N–H and O–H groups in total. The molecule has 0 aliphatic carbocycles. The fourth-order valence-electron chi connectivity index (χ4n) is 1.90. The lowest BCUT2D eigenvalue weighted by atomic mass is 10.1. The molecule has 0 aromatic carbocycles. The van der Waals surface area contributed by atoms with E-state index in [1.807, 2.05) is 0 Å². The number of aromatic nitrogens is 3. The smallest absolute Gasteiger partial charge is 0.224 e. The number of rotatable bonds is 3. The zero-order valence-corrected chi connectivity index (χ0v) is 9.12. The number of nitrogens with zero attached hydrogens (tertiary/aromatic N) is 4. The molecule has 0 radical (unpaired) electrons. The van der Waals surface area contributed by atoms with E-state index in [9.17, 15) is 9.90 Å². The molecule has 1 saturated heterocycles. The Hall–Kier alpha value is -1.43. The van der Waals surface area contributed by atoms with Gasteiger partial charge in [0.25, 0.3) is 0 Å². The molecule has 1 aliphatic rings. The molecule has 6 nitrogen and oxygen atoms in total. The van der Waals surface area contributed by atoms with Crippen molar-refractivity contribution in [1.29, 1.82) is 0 Å². The lowest BCUT2D eigenvalue weighted by molar-refractivity contribution is -0.134. The van der Waals surface area contributed by atoms with Gasteiger partial charge in [-0.2, -0.15) is 5.10 Å². The van der Waals surface area contributed by atoms with Crippen LogP contribution in [0.25, 0.3) is 0 Å². The fourth-order valence-corrected chi connectivity index (χ4v) is 1.90. The topological polar surface area (TPSA) is 71.2 Å². The van der Waals surface area contributed by atoms with Crippen LogP contribution in [-0.4, -0.2) is 49.9 Å². The summed E-state index contributed by atoms with van der Waals surface area (Å²) in [5, 5.41) is 13.4. The van der Waals surface area contributed by atoms with Crippen molar-refractivity contribution in [2.75, 3.05) is 13.1 Å². The summed E-state index contributed by atoms with van der Waals surface area (Å²) in [4.78, 5) is 17.3. The zero-order valence-electron chi connectivity index (χ0n) is 9.12. The summed E-state index contributed by atoms with van der Waals surface area (Å²) in [5.74, 6) is 0.0780. The Morgan fingerprint density at radius 1 is 1.56 bits per heavy atom. The van der Waals surface area contributed by atoms with Crippen LogP contribution >= 0.6 is 0 Å². The summed E-state index contributed by atoms with van der Waals surface area (Å²) in [6.07, 6.45) is 4.79. The molecule has 1 atom stereocenters. The van der Waals surface area contributed by atoms with Gasteiger partial charge in [0.15, 0.2) is 0 Å². The monoisotopic (exact) mass is 224 g/mol. The summed E-state index contributed by atoms with van der Waals surface area (Å²) in [5.41, 5.74) is 0. The lowest BCUT2D eigenvalue weighted by Crippen LogP contribution is -2.42. The maximum Gasteiger partial charge on any atom is 0.224 e. The molecule has 1 amide bonds. The second-order valence-electron chi connectivity index (χ2n) is 4.04. The lowest BCUT2D eigenvalue weighted by Gasteiger charge is -2.30. The normalized spacial score (nSPS) is 21.1. The van der Waals surface area contributed by atoms with Crippen LogP contribution < -0.4 is 0 Å². The van der Waals surface area contributed by atoms with Gasteiger partial charge in [-0.05, 0) is 12.8 Å². The minimum atomic E-state index is -0.357. The van der Waals surface area contributed by atoms with Crippen molar-refractivity contribution in [2.45, 2.75) is 31.9 Å². The van der Waals surface area contributed by atoms with E-state index < -0.39 is 0 Å². The zero-order chi connectivity index (χ0) is 11.4. The number of aliphatic hydroxyl groups excluding tert-OH is 1. The van der Waals surface area contributed by atoms with Crippen molar-refractivity contribution in [1.82, 2.24) is 19.7 Å². The largest absolute Gasteiger partial charge is 0.391 e. The first kappa shape index (κ1) is 11.1. The number of β-amino-alcohol motifs (C(OH)–C–C–N with tert-alkyl or cyclic N) is 1. The van der Waals surface area contributed by atoms with Crippen molar-refractivity contribution in [3.63, 3.8) is 0 Å². The number of hydrogen-bond donors (Lipinski definition) is 1. The quantitative estimate of drug-likeness (QED) is 0.762. The molecule has 6 heteroatoms. The number of piperidine rings is 1. The molecule has 88 valence electrons. The van der Waals surface area contributed by atoms with Crippen molar-refractivity contribution in [2.24, 2.45) is 0 Å². The van der Waals surface area contributed by atoms with E-state index in [1.54, 1.807) is 15.9 Å². The third-order valence-electron chi connectivity index (χ3n) is 2.77. The Morgan fingerprint density at radius 3 is 3.12 bits per heavy atom. The second kappa shape index (κ2) is 5.07. The van der Waals surface area contributed by atoms with E-state index >= 15 is 0 Å². The molecule has 1 aromatic heterocycles. The number of aliphatic hydroxyl groups is 1. The molecule has 16 heavy (non-hydrogen) atoms. The fraction of sp³-hybridized carbons (Fsp3) is 0.700. The molecule has 1 aliphatic heterocycles. The third kappa shape index (κ3) is 2.79. The van der Waals surface area contributed by atoms with E-state index in [0.717, 1.165) is 19.4 Å². The summed E-state index contributed by atoms with van der Waals surface area (Å²) in [6.45, 7) is 1.77. The van der Waals surface area contributed by atoms with Gasteiger partial charge >= 0.3 is 0 Å². The van der Waals surface area contributed by atoms with Crippen LogP contribution in [0.3, 0.4) is 0 Å². The Labute approximate surface area is 93.9 Å². The van der Waals surface area contributed by atoms with Crippen molar-refractivity contribution >= 4 is 5.91 Å². The first-order valence-electron chi connectivity index (χ1n) is 5.54. The molecule has 0 bridgehead atoms. The molecule has 1 aromatic rings. The number of aryl methyl sites for hydroxylation is 1. The average molecular weight is 224 g/mol. The highest BCUT2D eigenvalue weighted by Crippen LogP contribution is 2.11. The van der Waals surface area contributed by atoms with Gasteiger partial charge in [-0.15, -0.1) is 0 Å². The van der Waals surface area contributed by atoms with E-state index in [4.69, 9.17) is 0 Å². The van der Waals surface area contributed by atoms with Crippen molar-refractivity contribution in [3.05, 3.63) is 12.7 Å². The summed E-state index contributed by atoms with van der Waals surface area (Å²) >= 11 is 0. The van der Waals surface area contributed by atoms with E-state index in [1.165, 1.54) is 6.33 Å². The standard InChI is InChI=1S/C10H16N4O2/c15-9-2-1-4-13(6-9)10(16)3-5-14-8-11-7-12-14/h7-9,15H,1-6H2. The summed E-state index contributed by atoms with van der Waals surface area (Å²) in [7, 11) is 0. The predicted octanol–water partition coefficient (Wildman–Crippen LogP) is -0.349. The minimum absolute atomic E-state index is 0.0780. The molecule has 1 unspecified atom stereocenters. The summed E-state index contributed by atoms with van der Waals surface area (Å²) < 4.78 is 1.64. The van der Waals surface area contributed by atoms with Crippen LogP contribution in [0.2, 0.25) is 0 Å². The highest BCUT2D eigenvalue weighted by Gasteiger charge is 2.21. The van der Waals surface area contributed by atoms with Gasteiger partial charge in [-0.3, -0.25) is 9.48 Å². The predicted molar refractivity (Wildman–Crippen MR) is 56.5 cm³/mol. The molecular weight excluding hydrogens is 208 g/mol. The Bertz CT molecular complexity index is 339. The first-order chi connectivity index (χ1) is 7.75. The number of hydrogen-bond acceptors (Lipinski definition) is 4. The number of likely N-dealkylation sites (tertiary alicyclic amines) is 1. The minimum Gasteiger partial charge on any atom is -0.391 e. The van der Waals surface area contributed by atoms with Gasteiger partial charge in [0.2, 0.25) is 5.91 Å². The van der Waals surface area contributed by atoms with Crippen molar-refractivity contribution in [3.8, 4) is 0 Å². The molecule has 2 heterocycles. The second-order valence-corrected chi connectivity index (χ2v) is 4.04.